The molecule has 6 nitrogen and oxygen atoms in total. The van der Waals surface area contributed by atoms with E-state index in [4.69, 9.17) is 9.15 Å². The molecular weight excluding hydrogens is 408 g/mol. The molecule has 1 aliphatic heterocycles. The van der Waals surface area contributed by atoms with Crippen LogP contribution in [0.1, 0.15) is 17.0 Å². The molecule has 1 aliphatic rings. The average molecular weight is 431 g/mol. The minimum Gasteiger partial charge on any atom is -0.487 e. The van der Waals surface area contributed by atoms with E-state index in [1.807, 2.05) is 53.6 Å². The van der Waals surface area contributed by atoms with Crippen LogP contribution >= 0.6 is 23.1 Å². The van der Waals surface area contributed by atoms with E-state index >= 15 is 0 Å². The standard InChI is InChI=1S/C21H22N2O4S2/c1-14-17(22-20(27-14)19-3-2-10-29-19)11-26-16-6-4-15(5-7-16)8-9-23-13-28-12-18(23)21(24)25/h2-7,10,18H,8-9,11-13H2,1H3,(H,24,25). The van der Waals surface area contributed by atoms with Crippen molar-refractivity contribution in [2.75, 3.05) is 18.2 Å². The first-order valence-electron chi connectivity index (χ1n) is 9.36. The summed E-state index contributed by atoms with van der Waals surface area (Å²) in [5.41, 5.74) is 1.96. The molecule has 1 aromatic carbocycles. The number of thiophene rings is 1. The summed E-state index contributed by atoms with van der Waals surface area (Å²) in [5, 5.41) is 11.3. The van der Waals surface area contributed by atoms with E-state index < -0.39 is 5.97 Å². The zero-order chi connectivity index (χ0) is 20.2. The first-order chi connectivity index (χ1) is 14.1. The summed E-state index contributed by atoms with van der Waals surface area (Å²) in [6.45, 7) is 2.99. The summed E-state index contributed by atoms with van der Waals surface area (Å²) in [6.07, 6.45) is 0.817. The van der Waals surface area contributed by atoms with Gasteiger partial charge in [0.15, 0.2) is 0 Å². The topological polar surface area (TPSA) is 75.8 Å². The Morgan fingerprint density at radius 1 is 1.34 bits per heavy atom. The van der Waals surface area contributed by atoms with Gasteiger partial charge in [-0.3, -0.25) is 9.69 Å². The van der Waals surface area contributed by atoms with Crippen LogP contribution in [0.15, 0.2) is 46.2 Å². The Balaban J connectivity index is 1.30. The van der Waals surface area contributed by atoms with Gasteiger partial charge in [0.25, 0.3) is 0 Å². The predicted octanol–water partition coefficient (Wildman–Crippen LogP) is 4.29. The third-order valence-electron chi connectivity index (χ3n) is 4.87. The molecule has 0 aliphatic carbocycles. The van der Waals surface area contributed by atoms with Gasteiger partial charge in [0, 0.05) is 18.2 Å². The fourth-order valence-electron chi connectivity index (χ4n) is 3.17. The van der Waals surface area contributed by atoms with E-state index in [0.717, 1.165) is 46.5 Å². The minimum absolute atomic E-state index is 0.353. The fraction of sp³-hybridized carbons (Fsp3) is 0.333. The van der Waals surface area contributed by atoms with Gasteiger partial charge >= 0.3 is 5.97 Å². The molecule has 0 amide bonds. The molecule has 29 heavy (non-hydrogen) atoms. The third kappa shape index (κ3) is 4.83. The van der Waals surface area contributed by atoms with Crippen molar-refractivity contribution in [3.8, 4) is 16.5 Å². The molecule has 3 heterocycles. The van der Waals surface area contributed by atoms with E-state index in [9.17, 15) is 9.90 Å². The van der Waals surface area contributed by atoms with Crippen LogP contribution in [0.2, 0.25) is 0 Å². The number of benzene rings is 1. The summed E-state index contributed by atoms with van der Waals surface area (Å²) >= 11 is 3.27. The summed E-state index contributed by atoms with van der Waals surface area (Å²) in [4.78, 5) is 18.8. The van der Waals surface area contributed by atoms with Crippen molar-refractivity contribution in [3.63, 3.8) is 0 Å². The fourth-order valence-corrected chi connectivity index (χ4v) is 5.04. The minimum atomic E-state index is -0.732. The second-order valence-electron chi connectivity index (χ2n) is 6.85. The van der Waals surface area contributed by atoms with Crippen LogP contribution in [-0.2, 0) is 17.8 Å². The molecule has 0 spiro atoms. The molecule has 152 valence electrons. The Kier molecular flexibility index (Phi) is 6.22. The molecule has 0 radical (unpaired) electrons. The van der Waals surface area contributed by atoms with Crippen LogP contribution in [0.25, 0.3) is 10.8 Å². The molecule has 1 atom stereocenters. The number of rotatable bonds is 8. The molecule has 8 heteroatoms. The Bertz CT molecular complexity index is 954. The molecule has 2 aromatic heterocycles. The number of carboxylic acid groups (broad SMARTS) is 1. The Labute approximate surface area is 177 Å². The molecule has 4 rings (SSSR count). The normalized spacial score (nSPS) is 16.9. The third-order valence-corrected chi connectivity index (χ3v) is 6.79. The van der Waals surface area contributed by atoms with Gasteiger partial charge in [-0.05, 0) is 42.5 Å². The molecule has 1 fully saturated rings. The summed E-state index contributed by atoms with van der Waals surface area (Å²) in [5.74, 6) is 2.88. The molecular formula is C21H22N2O4S2. The van der Waals surface area contributed by atoms with Gasteiger partial charge in [-0.2, -0.15) is 0 Å². The van der Waals surface area contributed by atoms with Crippen LogP contribution in [0, 0.1) is 6.92 Å². The van der Waals surface area contributed by atoms with Crippen molar-refractivity contribution >= 4 is 29.1 Å². The van der Waals surface area contributed by atoms with Crippen molar-refractivity contribution < 1.29 is 19.1 Å². The second-order valence-corrected chi connectivity index (χ2v) is 8.80. The van der Waals surface area contributed by atoms with E-state index in [1.165, 1.54) is 0 Å². The Morgan fingerprint density at radius 2 is 2.17 bits per heavy atom. The van der Waals surface area contributed by atoms with Crippen molar-refractivity contribution in [1.29, 1.82) is 0 Å². The largest absolute Gasteiger partial charge is 0.487 e. The Hall–Kier alpha value is -2.29. The Morgan fingerprint density at radius 3 is 2.90 bits per heavy atom. The zero-order valence-electron chi connectivity index (χ0n) is 16.0. The van der Waals surface area contributed by atoms with E-state index in [2.05, 4.69) is 4.98 Å². The zero-order valence-corrected chi connectivity index (χ0v) is 17.7. The number of aliphatic carboxylic acids is 1. The van der Waals surface area contributed by atoms with Gasteiger partial charge in [0.1, 0.15) is 29.9 Å². The van der Waals surface area contributed by atoms with E-state index in [0.29, 0.717) is 18.3 Å². The second kappa shape index (κ2) is 9.02. The number of hydrogen-bond donors (Lipinski definition) is 1. The number of carboxylic acids is 1. The van der Waals surface area contributed by atoms with Crippen molar-refractivity contribution in [1.82, 2.24) is 9.88 Å². The number of ether oxygens (including phenoxy) is 1. The highest BCUT2D eigenvalue weighted by atomic mass is 32.2. The number of aryl methyl sites for hydroxylation is 1. The highest BCUT2D eigenvalue weighted by Gasteiger charge is 2.30. The number of aromatic nitrogens is 1. The van der Waals surface area contributed by atoms with Crippen LogP contribution < -0.4 is 4.74 Å². The molecule has 1 N–H and O–H groups in total. The molecule has 0 saturated carbocycles. The lowest BCUT2D eigenvalue weighted by Gasteiger charge is -2.19. The van der Waals surface area contributed by atoms with Crippen molar-refractivity contribution in [2.24, 2.45) is 0 Å². The van der Waals surface area contributed by atoms with Gasteiger partial charge in [0.2, 0.25) is 5.89 Å². The molecule has 1 saturated heterocycles. The lowest BCUT2D eigenvalue weighted by atomic mass is 10.1. The number of oxazole rings is 1. The molecule has 3 aromatic rings. The lowest BCUT2D eigenvalue weighted by molar-refractivity contribution is -0.141. The van der Waals surface area contributed by atoms with E-state index in [1.54, 1.807) is 23.1 Å². The maximum Gasteiger partial charge on any atom is 0.321 e. The van der Waals surface area contributed by atoms with Gasteiger partial charge < -0.3 is 14.3 Å². The van der Waals surface area contributed by atoms with Crippen LogP contribution in [0.3, 0.4) is 0 Å². The first-order valence-corrected chi connectivity index (χ1v) is 11.4. The van der Waals surface area contributed by atoms with Crippen molar-refractivity contribution in [3.05, 3.63) is 58.8 Å². The van der Waals surface area contributed by atoms with Crippen LogP contribution in [0.5, 0.6) is 5.75 Å². The van der Waals surface area contributed by atoms with Crippen LogP contribution in [0.4, 0.5) is 0 Å². The van der Waals surface area contributed by atoms with Gasteiger partial charge in [-0.15, -0.1) is 23.1 Å². The number of hydrogen-bond acceptors (Lipinski definition) is 7. The average Bonchev–Trinajstić information content (AvgIpc) is 3.46. The SMILES string of the molecule is Cc1oc(-c2cccs2)nc1COc1ccc(CCN2CSCC2C(=O)O)cc1. The number of thioether (sulfide) groups is 1. The number of carbonyl (C=O) groups is 1. The van der Waals surface area contributed by atoms with Crippen LogP contribution in [-0.4, -0.2) is 45.2 Å². The summed E-state index contributed by atoms with van der Waals surface area (Å²) < 4.78 is 11.6. The van der Waals surface area contributed by atoms with Gasteiger partial charge in [0.05, 0.1) is 4.88 Å². The first kappa shape index (κ1) is 20.0. The smallest absolute Gasteiger partial charge is 0.321 e. The van der Waals surface area contributed by atoms with E-state index in [-0.39, 0.29) is 6.04 Å². The maximum atomic E-state index is 11.3. The van der Waals surface area contributed by atoms with Gasteiger partial charge in [-0.1, -0.05) is 18.2 Å². The van der Waals surface area contributed by atoms with Crippen molar-refractivity contribution in [2.45, 2.75) is 26.0 Å². The lowest BCUT2D eigenvalue weighted by Crippen LogP contribution is -2.38. The molecule has 0 bridgehead atoms. The number of nitrogens with zero attached hydrogens (tertiary/aromatic N) is 2. The quantitative estimate of drug-likeness (QED) is 0.571. The van der Waals surface area contributed by atoms with Gasteiger partial charge in [-0.25, -0.2) is 4.98 Å². The monoisotopic (exact) mass is 430 g/mol. The highest BCUT2D eigenvalue weighted by Crippen LogP contribution is 2.27. The highest BCUT2D eigenvalue weighted by molar-refractivity contribution is 7.99. The summed E-state index contributed by atoms with van der Waals surface area (Å²) in [6, 6.07) is 11.5. The predicted molar refractivity (Wildman–Crippen MR) is 114 cm³/mol. The maximum absolute atomic E-state index is 11.3. The molecule has 1 unspecified atom stereocenters. The summed E-state index contributed by atoms with van der Waals surface area (Å²) in [7, 11) is 0.